The summed E-state index contributed by atoms with van der Waals surface area (Å²) in [5.41, 5.74) is 6.65. The molecular weight excluding hydrogens is 281 g/mol. The fourth-order valence-electron chi connectivity index (χ4n) is 1.64. The van der Waals surface area contributed by atoms with Gasteiger partial charge in [-0.15, -0.1) is 0 Å². The highest BCUT2D eigenvalue weighted by Crippen LogP contribution is 2.19. The summed E-state index contributed by atoms with van der Waals surface area (Å²) in [6, 6.07) is 10.2. The van der Waals surface area contributed by atoms with Gasteiger partial charge >= 0.3 is 0 Å². The zero-order chi connectivity index (χ0) is 14.8. The van der Waals surface area contributed by atoms with Crippen molar-refractivity contribution in [2.75, 3.05) is 12.0 Å². The van der Waals surface area contributed by atoms with Gasteiger partial charge in [0, 0.05) is 17.5 Å². The topological polar surface area (TPSA) is 69.4 Å². The van der Waals surface area contributed by atoms with E-state index in [0.29, 0.717) is 17.0 Å². The minimum absolute atomic E-state index is 0.185. The second-order valence-corrected chi connectivity index (χ2v) is 6.39. The van der Waals surface area contributed by atoms with E-state index in [0.717, 1.165) is 6.26 Å². The first kappa shape index (κ1) is 14.3. The Bertz CT molecular complexity index is 712. The molecule has 0 aliphatic rings. The van der Waals surface area contributed by atoms with Crippen LogP contribution in [-0.4, -0.2) is 14.7 Å². The van der Waals surface area contributed by atoms with Gasteiger partial charge in [0.15, 0.2) is 9.84 Å². The zero-order valence-corrected chi connectivity index (χ0v) is 11.7. The Hall–Kier alpha value is -2.08. The lowest BCUT2D eigenvalue weighted by atomic mass is 10.2. The number of rotatable bonds is 4. The third-order valence-corrected chi connectivity index (χ3v) is 3.88. The van der Waals surface area contributed by atoms with E-state index in [9.17, 15) is 12.8 Å². The third-order valence-electron chi connectivity index (χ3n) is 2.75. The first-order valence-corrected chi connectivity index (χ1v) is 7.72. The van der Waals surface area contributed by atoms with Gasteiger partial charge in [0.2, 0.25) is 0 Å². The van der Waals surface area contributed by atoms with Gasteiger partial charge in [-0.1, -0.05) is 6.07 Å². The Balaban J connectivity index is 2.08. The van der Waals surface area contributed by atoms with Crippen LogP contribution in [0.5, 0.6) is 5.75 Å². The number of nitrogen functional groups attached to an aromatic ring is 1. The smallest absolute Gasteiger partial charge is 0.175 e. The molecule has 6 heteroatoms. The number of sulfone groups is 1. The SMILES string of the molecule is CS(=O)(=O)c1ccc(OCc2ccc(F)cc2N)cc1. The van der Waals surface area contributed by atoms with E-state index in [1.165, 1.54) is 24.3 Å². The summed E-state index contributed by atoms with van der Waals surface area (Å²) in [6.07, 6.45) is 1.14. The first-order chi connectivity index (χ1) is 9.36. The molecule has 0 heterocycles. The predicted octanol–water partition coefficient (Wildman–Crippen LogP) is 2.39. The average molecular weight is 295 g/mol. The Morgan fingerprint density at radius 1 is 1.15 bits per heavy atom. The first-order valence-electron chi connectivity index (χ1n) is 5.83. The minimum atomic E-state index is -3.22. The van der Waals surface area contributed by atoms with Gasteiger partial charge in [0.25, 0.3) is 0 Å². The van der Waals surface area contributed by atoms with Gasteiger partial charge in [-0.2, -0.15) is 0 Å². The zero-order valence-electron chi connectivity index (χ0n) is 10.8. The third kappa shape index (κ3) is 3.48. The number of nitrogens with two attached hydrogens (primary N) is 1. The van der Waals surface area contributed by atoms with Crippen molar-refractivity contribution >= 4 is 15.5 Å². The van der Waals surface area contributed by atoms with Crippen LogP contribution in [-0.2, 0) is 16.4 Å². The molecule has 0 spiro atoms. The van der Waals surface area contributed by atoms with Crippen molar-refractivity contribution in [1.82, 2.24) is 0 Å². The number of hydrogen-bond donors (Lipinski definition) is 1. The number of hydrogen-bond acceptors (Lipinski definition) is 4. The summed E-state index contributed by atoms with van der Waals surface area (Å²) >= 11 is 0. The molecule has 0 aliphatic carbocycles. The van der Waals surface area contributed by atoms with Gasteiger partial charge < -0.3 is 10.5 Å². The molecule has 2 rings (SSSR count). The average Bonchev–Trinajstić information content (AvgIpc) is 2.37. The lowest BCUT2D eigenvalue weighted by molar-refractivity contribution is 0.306. The predicted molar refractivity (Wildman–Crippen MR) is 74.7 cm³/mol. The van der Waals surface area contributed by atoms with Crippen LogP contribution in [0.25, 0.3) is 0 Å². The Morgan fingerprint density at radius 2 is 1.80 bits per heavy atom. The molecule has 0 saturated carbocycles. The Labute approximate surface area is 116 Å². The van der Waals surface area contributed by atoms with Crippen LogP contribution in [0.2, 0.25) is 0 Å². The van der Waals surface area contributed by atoms with Crippen molar-refractivity contribution in [2.24, 2.45) is 0 Å². The lowest BCUT2D eigenvalue weighted by Gasteiger charge is -2.09. The van der Waals surface area contributed by atoms with Gasteiger partial charge in [-0.05, 0) is 36.4 Å². The van der Waals surface area contributed by atoms with E-state index in [1.807, 2.05) is 0 Å². The van der Waals surface area contributed by atoms with Crippen molar-refractivity contribution in [1.29, 1.82) is 0 Å². The molecule has 0 amide bonds. The van der Waals surface area contributed by atoms with Gasteiger partial charge in [-0.3, -0.25) is 0 Å². The van der Waals surface area contributed by atoms with Crippen molar-refractivity contribution in [3.8, 4) is 5.75 Å². The quantitative estimate of drug-likeness (QED) is 0.879. The maximum Gasteiger partial charge on any atom is 0.175 e. The fourth-order valence-corrected chi connectivity index (χ4v) is 2.27. The normalized spacial score (nSPS) is 11.3. The molecule has 0 fully saturated rings. The molecule has 0 unspecified atom stereocenters. The number of halogens is 1. The molecule has 2 aromatic carbocycles. The standard InChI is InChI=1S/C14H14FNO3S/c1-20(17,18)13-6-4-12(5-7-13)19-9-10-2-3-11(15)8-14(10)16/h2-8H,9,16H2,1H3. The molecule has 0 aromatic heterocycles. The second kappa shape index (κ2) is 5.50. The maximum atomic E-state index is 12.9. The molecule has 2 N–H and O–H groups in total. The highest BCUT2D eigenvalue weighted by atomic mass is 32.2. The molecule has 0 radical (unpaired) electrons. The molecule has 0 atom stereocenters. The van der Waals surface area contributed by atoms with Crippen molar-refractivity contribution < 1.29 is 17.5 Å². The molecule has 20 heavy (non-hydrogen) atoms. The van der Waals surface area contributed by atoms with E-state index < -0.39 is 15.7 Å². The summed E-state index contributed by atoms with van der Waals surface area (Å²) < 4.78 is 41.0. The summed E-state index contributed by atoms with van der Waals surface area (Å²) in [6.45, 7) is 0.185. The summed E-state index contributed by atoms with van der Waals surface area (Å²) in [5, 5.41) is 0. The van der Waals surface area contributed by atoms with Crippen LogP contribution in [0.1, 0.15) is 5.56 Å². The second-order valence-electron chi connectivity index (χ2n) is 4.38. The minimum Gasteiger partial charge on any atom is -0.489 e. The van der Waals surface area contributed by atoms with E-state index in [2.05, 4.69) is 0 Å². The number of benzene rings is 2. The van der Waals surface area contributed by atoms with E-state index in [-0.39, 0.29) is 11.5 Å². The van der Waals surface area contributed by atoms with Crippen LogP contribution in [0.15, 0.2) is 47.4 Å². The van der Waals surface area contributed by atoms with Crippen molar-refractivity contribution in [2.45, 2.75) is 11.5 Å². The summed E-state index contributed by atoms with van der Waals surface area (Å²) in [5.74, 6) is 0.116. The molecular formula is C14H14FNO3S. The number of ether oxygens (including phenoxy) is 1. The summed E-state index contributed by atoms with van der Waals surface area (Å²) in [4.78, 5) is 0.228. The van der Waals surface area contributed by atoms with Crippen molar-refractivity contribution in [3.63, 3.8) is 0 Å². The van der Waals surface area contributed by atoms with Crippen LogP contribution < -0.4 is 10.5 Å². The maximum absolute atomic E-state index is 12.9. The molecule has 0 aliphatic heterocycles. The fraction of sp³-hybridized carbons (Fsp3) is 0.143. The van der Waals surface area contributed by atoms with E-state index >= 15 is 0 Å². The van der Waals surface area contributed by atoms with Crippen molar-refractivity contribution in [3.05, 3.63) is 53.8 Å². The van der Waals surface area contributed by atoms with Gasteiger partial charge in [0.05, 0.1) is 4.90 Å². The Kier molecular flexibility index (Phi) is 3.94. The summed E-state index contributed by atoms with van der Waals surface area (Å²) in [7, 11) is -3.22. The van der Waals surface area contributed by atoms with Crippen LogP contribution in [0, 0.1) is 5.82 Å². The van der Waals surface area contributed by atoms with E-state index in [1.54, 1.807) is 18.2 Å². The van der Waals surface area contributed by atoms with Crippen LogP contribution in [0.3, 0.4) is 0 Å². The van der Waals surface area contributed by atoms with Gasteiger partial charge in [-0.25, -0.2) is 12.8 Å². The molecule has 0 saturated heterocycles. The molecule has 4 nitrogen and oxygen atoms in total. The largest absolute Gasteiger partial charge is 0.489 e. The highest BCUT2D eigenvalue weighted by Gasteiger charge is 2.07. The van der Waals surface area contributed by atoms with Crippen LogP contribution >= 0.6 is 0 Å². The Morgan fingerprint density at radius 3 is 2.35 bits per heavy atom. The molecule has 2 aromatic rings. The lowest BCUT2D eigenvalue weighted by Crippen LogP contribution is -2.01. The highest BCUT2D eigenvalue weighted by molar-refractivity contribution is 7.90. The van der Waals surface area contributed by atoms with E-state index in [4.69, 9.17) is 10.5 Å². The number of anilines is 1. The molecule has 0 bridgehead atoms. The van der Waals surface area contributed by atoms with Crippen LogP contribution in [0.4, 0.5) is 10.1 Å². The monoisotopic (exact) mass is 295 g/mol. The molecule has 106 valence electrons. The van der Waals surface area contributed by atoms with Gasteiger partial charge in [0.1, 0.15) is 18.2 Å².